The highest BCUT2D eigenvalue weighted by Gasteiger charge is 2.23. The SMILES string of the molecule is CC(C)OC(=O)c1ccc(Cn2nnc3sc4c(c3c2=O)CC[C@H](C)C4)cc1. The molecule has 7 heteroatoms. The van der Waals surface area contributed by atoms with Gasteiger partial charge in [0.2, 0.25) is 0 Å². The summed E-state index contributed by atoms with van der Waals surface area (Å²) >= 11 is 1.60. The first kappa shape index (κ1) is 18.8. The van der Waals surface area contributed by atoms with E-state index in [-0.39, 0.29) is 17.6 Å². The number of carbonyl (C=O) groups excluding carboxylic acids is 1. The molecule has 1 aliphatic carbocycles. The molecule has 28 heavy (non-hydrogen) atoms. The number of hydrogen-bond acceptors (Lipinski definition) is 6. The van der Waals surface area contributed by atoms with Gasteiger partial charge in [0.25, 0.3) is 5.56 Å². The molecule has 0 spiro atoms. The highest BCUT2D eigenvalue weighted by molar-refractivity contribution is 7.18. The van der Waals surface area contributed by atoms with Gasteiger partial charge in [-0.3, -0.25) is 4.79 Å². The van der Waals surface area contributed by atoms with Gasteiger partial charge in [0.1, 0.15) is 0 Å². The minimum absolute atomic E-state index is 0.0830. The van der Waals surface area contributed by atoms with E-state index in [9.17, 15) is 9.59 Å². The molecule has 1 aliphatic rings. The van der Waals surface area contributed by atoms with E-state index in [2.05, 4.69) is 17.2 Å². The maximum Gasteiger partial charge on any atom is 0.338 e. The standard InChI is InChI=1S/C21H23N3O3S/c1-12(2)27-21(26)15-7-5-14(6-8-15)11-24-20(25)18-16-9-4-13(3)10-17(16)28-19(18)22-23-24/h5-8,12-13H,4,9-11H2,1-3H3/t13-/m0/s1. The van der Waals surface area contributed by atoms with Gasteiger partial charge in [-0.2, -0.15) is 0 Å². The van der Waals surface area contributed by atoms with Gasteiger partial charge < -0.3 is 4.74 Å². The predicted molar refractivity (Wildman–Crippen MR) is 109 cm³/mol. The number of ether oxygens (including phenoxy) is 1. The van der Waals surface area contributed by atoms with E-state index in [1.54, 1.807) is 23.5 Å². The molecule has 0 radical (unpaired) electrons. The first-order valence-corrected chi connectivity index (χ1v) is 10.4. The number of hydrogen-bond donors (Lipinski definition) is 0. The Labute approximate surface area is 167 Å². The molecule has 0 fully saturated rings. The summed E-state index contributed by atoms with van der Waals surface area (Å²) in [7, 11) is 0. The molecule has 4 rings (SSSR count). The lowest BCUT2D eigenvalue weighted by Crippen LogP contribution is -2.25. The van der Waals surface area contributed by atoms with Crippen LogP contribution in [0.3, 0.4) is 0 Å². The first-order chi connectivity index (χ1) is 13.4. The Morgan fingerprint density at radius 3 is 2.79 bits per heavy atom. The number of aromatic nitrogens is 3. The Balaban J connectivity index is 1.61. The molecular weight excluding hydrogens is 374 g/mol. The van der Waals surface area contributed by atoms with Crippen LogP contribution in [-0.4, -0.2) is 27.1 Å². The van der Waals surface area contributed by atoms with Crippen molar-refractivity contribution in [1.29, 1.82) is 0 Å². The maximum atomic E-state index is 13.0. The van der Waals surface area contributed by atoms with Crippen molar-refractivity contribution in [2.24, 2.45) is 5.92 Å². The second-order valence-corrected chi connectivity index (χ2v) is 8.82. The average molecular weight is 398 g/mol. The minimum Gasteiger partial charge on any atom is -0.459 e. The third-order valence-electron chi connectivity index (χ3n) is 5.05. The molecule has 3 aromatic rings. The number of carbonyl (C=O) groups is 1. The molecule has 0 aliphatic heterocycles. The third kappa shape index (κ3) is 3.58. The van der Waals surface area contributed by atoms with Crippen LogP contribution in [-0.2, 0) is 24.1 Å². The molecular formula is C21H23N3O3S. The van der Waals surface area contributed by atoms with Crippen LogP contribution in [0, 0.1) is 5.92 Å². The Morgan fingerprint density at radius 2 is 2.07 bits per heavy atom. The van der Waals surface area contributed by atoms with Crippen LogP contribution in [0.15, 0.2) is 29.1 Å². The number of thiophene rings is 1. The molecule has 0 amide bonds. The molecule has 2 heterocycles. The number of rotatable bonds is 4. The largest absolute Gasteiger partial charge is 0.459 e. The summed E-state index contributed by atoms with van der Waals surface area (Å²) in [5.74, 6) is 0.302. The van der Waals surface area contributed by atoms with Crippen LogP contribution in [0.1, 0.15) is 53.6 Å². The van der Waals surface area contributed by atoms with Gasteiger partial charge in [-0.1, -0.05) is 24.3 Å². The number of nitrogens with zero attached hydrogens (tertiary/aromatic N) is 3. The van der Waals surface area contributed by atoms with E-state index in [1.807, 2.05) is 26.0 Å². The fourth-order valence-electron chi connectivity index (χ4n) is 3.60. The van der Waals surface area contributed by atoms with Gasteiger partial charge in [0.05, 0.1) is 23.6 Å². The summed E-state index contributed by atoms with van der Waals surface area (Å²) in [6.07, 6.45) is 2.90. The molecule has 0 saturated carbocycles. The molecule has 6 nitrogen and oxygen atoms in total. The number of aryl methyl sites for hydroxylation is 1. The molecule has 1 aromatic carbocycles. The van der Waals surface area contributed by atoms with Crippen LogP contribution in [0.4, 0.5) is 0 Å². The summed E-state index contributed by atoms with van der Waals surface area (Å²) in [4.78, 5) is 27.0. The van der Waals surface area contributed by atoms with Crippen LogP contribution in [0.2, 0.25) is 0 Å². The van der Waals surface area contributed by atoms with Crippen LogP contribution >= 0.6 is 11.3 Å². The molecule has 146 valence electrons. The maximum absolute atomic E-state index is 13.0. The van der Waals surface area contributed by atoms with Crippen LogP contribution in [0.5, 0.6) is 0 Å². The van der Waals surface area contributed by atoms with E-state index in [4.69, 9.17) is 4.74 Å². The van der Waals surface area contributed by atoms with Crippen LogP contribution < -0.4 is 5.56 Å². The Hall–Kier alpha value is -2.54. The van der Waals surface area contributed by atoms with Gasteiger partial charge in [-0.25, -0.2) is 9.48 Å². The van der Waals surface area contributed by atoms with Gasteiger partial charge >= 0.3 is 5.97 Å². The highest BCUT2D eigenvalue weighted by atomic mass is 32.1. The number of esters is 1. The van der Waals surface area contributed by atoms with Crippen molar-refractivity contribution in [3.8, 4) is 0 Å². The lowest BCUT2D eigenvalue weighted by atomic mass is 9.89. The third-order valence-corrected chi connectivity index (χ3v) is 6.19. The van der Waals surface area contributed by atoms with Gasteiger partial charge in [0.15, 0.2) is 4.83 Å². The zero-order valence-corrected chi connectivity index (χ0v) is 17.1. The van der Waals surface area contributed by atoms with Crippen molar-refractivity contribution in [2.75, 3.05) is 0 Å². The van der Waals surface area contributed by atoms with E-state index < -0.39 is 0 Å². The number of fused-ring (bicyclic) bond motifs is 3. The first-order valence-electron chi connectivity index (χ1n) is 9.60. The van der Waals surface area contributed by atoms with Crippen molar-refractivity contribution >= 4 is 27.5 Å². The van der Waals surface area contributed by atoms with E-state index in [1.165, 1.54) is 15.1 Å². The fraction of sp³-hybridized carbons (Fsp3) is 0.429. The highest BCUT2D eigenvalue weighted by Crippen LogP contribution is 2.35. The van der Waals surface area contributed by atoms with Crippen LogP contribution in [0.25, 0.3) is 10.2 Å². The summed E-state index contributed by atoms with van der Waals surface area (Å²) in [6, 6.07) is 7.07. The van der Waals surface area contributed by atoms with E-state index in [0.717, 1.165) is 35.0 Å². The second-order valence-electron chi connectivity index (χ2n) is 7.74. The Kier molecular flexibility index (Phi) is 5.02. The van der Waals surface area contributed by atoms with Crippen molar-refractivity contribution in [2.45, 2.75) is 52.7 Å². The number of benzene rings is 1. The molecule has 0 saturated heterocycles. The van der Waals surface area contributed by atoms with Crippen molar-refractivity contribution < 1.29 is 9.53 Å². The summed E-state index contributed by atoms with van der Waals surface area (Å²) in [6.45, 7) is 6.20. The molecule has 1 atom stereocenters. The molecule has 0 N–H and O–H groups in total. The minimum atomic E-state index is -0.348. The fourth-order valence-corrected chi connectivity index (χ4v) is 4.91. The molecule has 0 bridgehead atoms. The lowest BCUT2D eigenvalue weighted by molar-refractivity contribution is 0.0378. The molecule has 0 unspecified atom stereocenters. The summed E-state index contributed by atoms with van der Waals surface area (Å²) < 4.78 is 6.61. The monoisotopic (exact) mass is 397 g/mol. The zero-order valence-electron chi connectivity index (χ0n) is 16.3. The average Bonchev–Trinajstić information content (AvgIpc) is 3.02. The second kappa shape index (κ2) is 7.47. The van der Waals surface area contributed by atoms with Gasteiger partial charge in [-0.15, -0.1) is 16.4 Å². The van der Waals surface area contributed by atoms with Crippen molar-refractivity contribution in [3.05, 3.63) is 56.2 Å². The smallest absolute Gasteiger partial charge is 0.338 e. The van der Waals surface area contributed by atoms with E-state index >= 15 is 0 Å². The summed E-state index contributed by atoms with van der Waals surface area (Å²) in [5, 5.41) is 9.17. The topological polar surface area (TPSA) is 74.1 Å². The predicted octanol–water partition coefficient (Wildman–Crippen LogP) is 3.59. The van der Waals surface area contributed by atoms with Crippen molar-refractivity contribution in [1.82, 2.24) is 15.0 Å². The van der Waals surface area contributed by atoms with Gasteiger partial charge in [-0.05, 0) is 62.3 Å². The summed E-state index contributed by atoms with van der Waals surface area (Å²) in [5.41, 5.74) is 2.46. The normalized spacial score (nSPS) is 16.4. The molecule has 2 aromatic heterocycles. The quantitative estimate of drug-likeness (QED) is 0.629. The zero-order chi connectivity index (χ0) is 19.8. The van der Waals surface area contributed by atoms with E-state index in [0.29, 0.717) is 18.0 Å². The Bertz CT molecular complexity index is 1080. The van der Waals surface area contributed by atoms with Gasteiger partial charge in [0, 0.05) is 4.88 Å². The lowest BCUT2D eigenvalue weighted by Gasteiger charge is -2.17. The Morgan fingerprint density at radius 1 is 1.32 bits per heavy atom. The van der Waals surface area contributed by atoms with Crippen molar-refractivity contribution in [3.63, 3.8) is 0 Å².